The average molecular weight is 912 g/mol. The summed E-state index contributed by atoms with van der Waals surface area (Å²) in [7, 11) is 1.67. The van der Waals surface area contributed by atoms with Crippen LogP contribution in [-0.2, 0) is 19.3 Å². The number of anilines is 2. The zero-order chi connectivity index (χ0) is 42.2. The molecule has 0 spiro atoms. The van der Waals surface area contributed by atoms with E-state index in [-0.39, 0.29) is 29.7 Å². The fourth-order valence-corrected chi connectivity index (χ4v) is 9.18. The smallest absolute Gasteiger partial charge is 0.254 e. The quantitative estimate of drug-likeness (QED) is 0.134. The maximum atomic E-state index is 13.1. The van der Waals surface area contributed by atoms with Crippen molar-refractivity contribution in [1.29, 1.82) is 0 Å². The van der Waals surface area contributed by atoms with Gasteiger partial charge in [0.05, 0.1) is 7.11 Å². The molecule has 0 saturated carbocycles. The first-order valence-corrected chi connectivity index (χ1v) is 22.4. The van der Waals surface area contributed by atoms with Gasteiger partial charge >= 0.3 is 0 Å². The Morgan fingerprint density at radius 3 is 1.80 bits per heavy atom. The minimum Gasteiger partial charge on any atom is -0.497 e. The average Bonchev–Trinajstić information content (AvgIpc) is 3.94. The Morgan fingerprint density at radius 2 is 1.25 bits per heavy atom. The molecule has 2 saturated heterocycles. The molecule has 11 nitrogen and oxygen atoms in total. The molecule has 2 aromatic heterocycles. The van der Waals surface area contributed by atoms with E-state index in [1.807, 2.05) is 76.5 Å². The molecule has 8 rings (SSSR count). The molecular formula is C45H48BrFN8O3S2. The summed E-state index contributed by atoms with van der Waals surface area (Å²) in [4.78, 5) is 43.6. The standard InChI is InChI=1S/C24H28N4O2S.C21H20BrFN4OS/c1-4-18-8-10-20(11-9-18)23(29)28-13-12-27(16-17(28)2)24-25-22(26-31-24)15-19-6-5-7-21(14-19)30-3;1-14-13-26(9-10-27(14)20(28)16-3-2-4-17(22)12-16)21-24-19(25-29-21)11-15-5-7-18(23)8-6-15/h5-11,14,17H,4,12-13,15-16H2,1-3H3;2-8,12,14H,9-11,13H2,1H3. The minimum absolute atomic E-state index is 0.0488. The lowest BCUT2D eigenvalue weighted by molar-refractivity contribution is 0.0666. The number of aryl methyl sites for hydroxylation is 1. The van der Waals surface area contributed by atoms with Crippen LogP contribution < -0.4 is 14.5 Å². The van der Waals surface area contributed by atoms with Gasteiger partial charge in [0.25, 0.3) is 11.8 Å². The second kappa shape index (κ2) is 19.9. The molecule has 60 heavy (non-hydrogen) atoms. The predicted octanol–water partition coefficient (Wildman–Crippen LogP) is 8.43. The van der Waals surface area contributed by atoms with E-state index in [1.54, 1.807) is 19.2 Å². The Balaban J connectivity index is 0.000000182. The first-order valence-electron chi connectivity index (χ1n) is 20.1. The van der Waals surface area contributed by atoms with Crippen molar-refractivity contribution in [2.45, 2.75) is 52.1 Å². The summed E-state index contributed by atoms with van der Waals surface area (Å²) in [5.41, 5.74) is 4.80. The number of benzene rings is 4. The number of ether oxygens (including phenoxy) is 1. The van der Waals surface area contributed by atoms with Crippen molar-refractivity contribution in [3.63, 3.8) is 0 Å². The summed E-state index contributed by atoms with van der Waals surface area (Å²) in [6, 6.07) is 30.0. The number of carbonyl (C=O) groups is 2. The highest BCUT2D eigenvalue weighted by atomic mass is 79.9. The van der Waals surface area contributed by atoms with Gasteiger partial charge < -0.3 is 24.3 Å². The lowest BCUT2D eigenvalue weighted by Gasteiger charge is -2.39. The van der Waals surface area contributed by atoms with Gasteiger partial charge in [-0.2, -0.15) is 8.75 Å². The molecule has 312 valence electrons. The first kappa shape index (κ1) is 42.9. The summed E-state index contributed by atoms with van der Waals surface area (Å²) in [6.07, 6.45) is 2.23. The van der Waals surface area contributed by atoms with Gasteiger partial charge in [0.2, 0.25) is 10.3 Å². The van der Waals surface area contributed by atoms with Crippen LogP contribution in [-0.4, -0.2) is 98.8 Å². The number of piperazine rings is 2. The molecule has 0 bridgehead atoms. The summed E-state index contributed by atoms with van der Waals surface area (Å²) >= 11 is 6.22. The van der Waals surface area contributed by atoms with Gasteiger partial charge in [0.15, 0.2) is 0 Å². The van der Waals surface area contributed by atoms with Crippen LogP contribution in [0.4, 0.5) is 14.7 Å². The molecule has 0 aliphatic carbocycles. The Kier molecular flexibility index (Phi) is 14.2. The van der Waals surface area contributed by atoms with Crippen molar-refractivity contribution >= 4 is 61.1 Å². The van der Waals surface area contributed by atoms with E-state index in [0.717, 1.165) is 74.9 Å². The monoisotopic (exact) mass is 910 g/mol. The van der Waals surface area contributed by atoms with E-state index in [1.165, 1.54) is 40.8 Å². The summed E-state index contributed by atoms with van der Waals surface area (Å²) in [6.45, 7) is 10.5. The molecular weight excluding hydrogens is 864 g/mol. The Labute approximate surface area is 367 Å². The van der Waals surface area contributed by atoms with Gasteiger partial charge in [-0.05, 0) is 91.6 Å². The number of aromatic nitrogens is 4. The Bertz CT molecular complexity index is 2380. The van der Waals surface area contributed by atoms with Crippen LogP contribution in [0, 0.1) is 5.82 Å². The number of rotatable bonds is 10. The van der Waals surface area contributed by atoms with Crippen molar-refractivity contribution in [3.05, 3.63) is 147 Å². The first-order chi connectivity index (χ1) is 29.1. The molecule has 15 heteroatoms. The normalized spacial score (nSPS) is 16.6. The Hall–Kier alpha value is -5.25. The van der Waals surface area contributed by atoms with Crippen LogP contribution in [0.15, 0.2) is 102 Å². The predicted molar refractivity (Wildman–Crippen MR) is 240 cm³/mol. The minimum atomic E-state index is -0.245. The van der Waals surface area contributed by atoms with Crippen LogP contribution in [0.3, 0.4) is 0 Å². The maximum absolute atomic E-state index is 13.1. The molecule has 4 aromatic carbocycles. The Morgan fingerprint density at radius 1 is 0.700 bits per heavy atom. The molecule has 0 radical (unpaired) electrons. The molecule has 6 aromatic rings. The lowest BCUT2D eigenvalue weighted by Crippen LogP contribution is -2.54. The van der Waals surface area contributed by atoms with Crippen molar-refractivity contribution in [2.75, 3.05) is 56.2 Å². The van der Waals surface area contributed by atoms with Crippen molar-refractivity contribution < 1.29 is 18.7 Å². The van der Waals surface area contributed by atoms with Crippen LogP contribution >= 0.6 is 39.0 Å². The van der Waals surface area contributed by atoms with Gasteiger partial charge in [-0.1, -0.05) is 65.3 Å². The van der Waals surface area contributed by atoms with Crippen molar-refractivity contribution in [1.82, 2.24) is 28.5 Å². The number of carbonyl (C=O) groups excluding carboxylic acids is 2. The van der Waals surface area contributed by atoms with E-state index < -0.39 is 0 Å². The number of methoxy groups -OCH3 is 1. The SMILES string of the molecule is CC1CN(c2nc(Cc3ccc(F)cc3)ns2)CCN1C(=O)c1cccc(Br)c1.CCc1ccc(C(=O)N2CCN(c3nc(Cc4cccc(OC)c4)ns3)CC2C)cc1. The van der Waals surface area contributed by atoms with Gasteiger partial charge in [0.1, 0.15) is 23.2 Å². The second-order valence-corrected chi connectivity index (χ2v) is 17.3. The van der Waals surface area contributed by atoms with Crippen LogP contribution in [0.2, 0.25) is 0 Å². The fourth-order valence-electron chi connectivity index (χ4n) is 7.34. The van der Waals surface area contributed by atoms with Crippen LogP contribution in [0.25, 0.3) is 0 Å². The molecule has 0 N–H and O–H groups in total. The lowest BCUT2D eigenvalue weighted by atomic mass is 10.1. The van der Waals surface area contributed by atoms with E-state index in [9.17, 15) is 14.0 Å². The number of hydrogen-bond donors (Lipinski definition) is 0. The molecule has 2 unspecified atom stereocenters. The third-order valence-electron chi connectivity index (χ3n) is 10.7. The number of nitrogens with zero attached hydrogens (tertiary/aromatic N) is 8. The molecule has 2 aliphatic rings. The van der Waals surface area contributed by atoms with Crippen LogP contribution in [0.1, 0.15) is 69.8 Å². The fraction of sp³-hybridized carbons (Fsp3) is 0.333. The van der Waals surface area contributed by atoms with E-state index in [2.05, 4.69) is 66.3 Å². The highest BCUT2D eigenvalue weighted by Gasteiger charge is 2.31. The molecule has 2 atom stereocenters. The number of hydrogen-bond acceptors (Lipinski definition) is 11. The van der Waals surface area contributed by atoms with Crippen molar-refractivity contribution in [2.24, 2.45) is 0 Å². The zero-order valence-corrected chi connectivity index (χ0v) is 37.4. The topological polar surface area (TPSA) is 108 Å². The molecule has 2 aliphatic heterocycles. The van der Waals surface area contributed by atoms with E-state index in [0.29, 0.717) is 38.0 Å². The third kappa shape index (κ3) is 10.7. The van der Waals surface area contributed by atoms with E-state index >= 15 is 0 Å². The van der Waals surface area contributed by atoms with Gasteiger partial charge in [-0.25, -0.2) is 14.4 Å². The maximum Gasteiger partial charge on any atom is 0.254 e. The summed E-state index contributed by atoms with van der Waals surface area (Å²) < 4.78 is 28.3. The number of halogens is 2. The van der Waals surface area contributed by atoms with Gasteiger partial charge in [-0.3, -0.25) is 9.59 Å². The summed E-state index contributed by atoms with van der Waals surface area (Å²) in [5.74, 6) is 2.29. The summed E-state index contributed by atoms with van der Waals surface area (Å²) in [5, 5.41) is 1.78. The highest BCUT2D eigenvalue weighted by Crippen LogP contribution is 2.26. The zero-order valence-electron chi connectivity index (χ0n) is 34.1. The van der Waals surface area contributed by atoms with Gasteiger partial charge in [0, 0.05) is 103 Å². The largest absolute Gasteiger partial charge is 0.497 e. The second-order valence-electron chi connectivity index (χ2n) is 15.0. The van der Waals surface area contributed by atoms with E-state index in [4.69, 9.17) is 9.72 Å². The third-order valence-corrected chi connectivity index (χ3v) is 12.8. The van der Waals surface area contributed by atoms with Crippen molar-refractivity contribution in [3.8, 4) is 5.75 Å². The number of amides is 2. The molecule has 2 fully saturated rings. The molecule has 2 amide bonds. The van der Waals surface area contributed by atoms with Gasteiger partial charge in [-0.15, -0.1) is 0 Å². The van der Waals surface area contributed by atoms with Crippen LogP contribution in [0.5, 0.6) is 5.75 Å². The highest BCUT2D eigenvalue weighted by molar-refractivity contribution is 9.10. The molecule has 4 heterocycles.